The molecule has 0 radical (unpaired) electrons. The Balaban J connectivity index is 1.04. The molecule has 11 aromatic rings. The normalized spacial score (nSPS) is 13.3. The van der Waals surface area contributed by atoms with Crippen LogP contribution in [-0.2, 0) is 5.41 Å². The lowest BCUT2D eigenvalue weighted by Crippen LogP contribution is -2.14. The van der Waals surface area contributed by atoms with E-state index < -0.39 is 0 Å². The van der Waals surface area contributed by atoms with Crippen molar-refractivity contribution in [3.8, 4) is 44.5 Å². The minimum atomic E-state index is -0.0489. The van der Waals surface area contributed by atoms with Gasteiger partial charge >= 0.3 is 0 Å². The average molecular weight is 729 g/mol. The number of hydrogen-bond acceptors (Lipinski definition) is 1. The molecule has 0 fully saturated rings. The highest BCUT2D eigenvalue weighted by atomic mass is 32.1. The van der Waals surface area contributed by atoms with Crippen molar-refractivity contribution in [2.45, 2.75) is 19.3 Å². The number of rotatable bonds is 3. The molecule has 0 saturated carbocycles. The molecule has 1 aliphatic carbocycles. The van der Waals surface area contributed by atoms with E-state index in [-0.39, 0.29) is 5.41 Å². The van der Waals surface area contributed by atoms with Crippen LogP contribution >= 0.6 is 11.3 Å². The van der Waals surface area contributed by atoms with Crippen LogP contribution in [0.3, 0.4) is 0 Å². The van der Waals surface area contributed by atoms with Crippen molar-refractivity contribution in [3.05, 3.63) is 193 Å². The summed E-state index contributed by atoms with van der Waals surface area (Å²) in [5.41, 5.74) is 13.2. The first-order valence-corrected chi connectivity index (χ1v) is 20.4. The summed E-state index contributed by atoms with van der Waals surface area (Å²) in [4.78, 5) is 0. The van der Waals surface area contributed by atoms with Crippen LogP contribution in [0.5, 0.6) is 0 Å². The third-order valence-electron chi connectivity index (χ3n) is 12.6. The van der Waals surface area contributed by atoms with Gasteiger partial charge in [-0.2, -0.15) is 0 Å². The van der Waals surface area contributed by atoms with E-state index in [0.717, 1.165) is 0 Å². The van der Waals surface area contributed by atoms with Crippen LogP contribution in [-0.4, -0.2) is 0 Å². The van der Waals surface area contributed by atoms with Crippen molar-refractivity contribution in [1.29, 1.82) is 0 Å². The second-order valence-corrected chi connectivity index (χ2v) is 17.0. The maximum Gasteiger partial charge on any atom is 0.0437 e. The maximum absolute atomic E-state index is 2.43. The fourth-order valence-corrected chi connectivity index (χ4v) is 11.2. The third-order valence-corrected chi connectivity index (χ3v) is 13.8. The van der Waals surface area contributed by atoms with E-state index in [1.165, 1.54) is 119 Å². The fraction of sp³-hybridized carbons (Fsp3) is 0.0545. The van der Waals surface area contributed by atoms with Crippen LogP contribution in [0.1, 0.15) is 25.0 Å². The van der Waals surface area contributed by atoms with Gasteiger partial charge in [0.2, 0.25) is 0 Å². The van der Waals surface area contributed by atoms with Gasteiger partial charge in [-0.1, -0.05) is 172 Å². The summed E-state index contributed by atoms with van der Waals surface area (Å²) in [5.74, 6) is 0. The quantitative estimate of drug-likeness (QED) is 0.159. The first kappa shape index (κ1) is 31.8. The summed E-state index contributed by atoms with van der Waals surface area (Å²) >= 11 is 1.95. The standard InChI is InChI=1S/C55H36S/c1-55(2)47-27-24-34-13-5-6-17-40(34)52(47)53-48(55)28-26-45-46-32-37(25-29-49(46)56-54(45)53)36-15-11-16-38(31-36)50-41-18-7-9-20-43(41)51(44-21-10-8-19-42(44)50)39-23-22-33-12-3-4-14-35(33)30-39/h3-32H,1-2H3. The van der Waals surface area contributed by atoms with Crippen molar-refractivity contribution in [1.82, 2.24) is 0 Å². The zero-order chi connectivity index (χ0) is 37.1. The molecule has 56 heavy (non-hydrogen) atoms. The molecule has 0 spiro atoms. The van der Waals surface area contributed by atoms with Gasteiger partial charge in [-0.25, -0.2) is 0 Å². The number of thiophene rings is 1. The maximum atomic E-state index is 2.43. The average Bonchev–Trinajstić information content (AvgIpc) is 3.74. The highest BCUT2D eigenvalue weighted by molar-refractivity contribution is 7.26. The number of fused-ring (bicyclic) bond motifs is 12. The summed E-state index contributed by atoms with van der Waals surface area (Å²) in [7, 11) is 0. The minimum Gasteiger partial charge on any atom is -0.135 e. The molecule has 0 atom stereocenters. The second-order valence-electron chi connectivity index (χ2n) is 16.0. The molecule has 1 aromatic heterocycles. The van der Waals surface area contributed by atoms with Gasteiger partial charge in [0, 0.05) is 31.2 Å². The van der Waals surface area contributed by atoms with Gasteiger partial charge < -0.3 is 0 Å². The number of hydrogen-bond donors (Lipinski definition) is 0. The van der Waals surface area contributed by atoms with Crippen molar-refractivity contribution in [2.24, 2.45) is 0 Å². The van der Waals surface area contributed by atoms with E-state index in [4.69, 9.17) is 0 Å². The Kier molecular flexibility index (Phi) is 6.66. The molecule has 12 rings (SSSR count). The molecule has 1 heterocycles. The smallest absolute Gasteiger partial charge is 0.0437 e. The molecule has 0 bridgehead atoms. The molecule has 1 aliphatic rings. The summed E-state index contributed by atoms with van der Waals surface area (Å²) < 4.78 is 2.73. The molecule has 0 aliphatic heterocycles. The van der Waals surface area contributed by atoms with E-state index in [9.17, 15) is 0 Å². The van der Waals surface area contributed by atoms with E-state index in [2.05, 4.69) is 196 Å². The highest BCUT2D eigenvalue weighted by Gasteiger charge is 2.38. The number of benzene rings is 10. The van der Waals surface area contributed by atoms with Gasteiger partial charge in [0.05, 0.1) is 0 Å². The van der Waals surface area contributed by atoms with Crippen molar-refractivity contribution >= 4 is 74.6 Å². The Morgan fingerprint density at radius 1 is 0.321 bits per heavy atom. The predicted molar refractivity (Wildman–Crippen MR) is 243 cm³/mol. The highest BCUT2D eigenvalue weighted by Crippen LogP contribution is 2.56. The Labute approximate surface area is 329 Å². The van der Waals surface area contributed by atoms with Crippen LogP contribution in [0.2, 0.25) is 0 Å². The Bertz CT molecular complexity index is 3390. The molecule has 0 nitrogen and oxygen atoms in total. The Morgan fingerprint density at radius 2 is 0.857 bits per heavy atom. The van der Waals surface area contributed by atoms with Gasteiger partial charge in [0.1, 0.15) is 0 Å². The molecule has 262 valence electrons. The molecule has 1 heteroatoms. The zero-order valence-corrected chi connectivity index (χ0v) is 32.0. The summed E-state index contributed by atoms with van der Waals surface area (Å²) in [5, 5.41) is 13.0. The first-order valence-electron chi connectivity index (χ1n) is 19.6. The summed E-state index contributed by atoms with van der Waals surface area (Å²) in [6, 6.07) is 68.1. The van der Waals surface area contributed by atoms with E-state index in [1.54, 1.807) is 0 Å². The lowest BCUT2D eigenvalue weighted by Gasteiger charge is -2.21. The molecular formula is C55H36S. The molecule has 0 unspecified atom stereocenters. The van der Waals surface area contributed by atoms with Crippen LogP contribution in [0.25, 0.3) is 108 Å². The first-order chi connectivity index (χ1) is 27.5. The second kappa shape index (κ2) is 11.7. The van der Waals surface area contributed by atoms with Crippen LogP contribution in [0.4, 0.5) is 0 Å². The summed E-state index contributed by atoms with van der Waals surface area (Å²) in [6.45, 7) is 4.78. The minimum absolute atomic E-state index is 0.0489. The molecule has 0 N–H and O–H groups in total. The SMILES string of the molecule is CC1(C)c2ccc3ccccc3c2-c2c1ccc1c2sc2ccc(-c3cccc(-c4c5ccccc5c(-c5ccc6ccccc6c5)c5ccccc45)c3)cc21. The Hall–Kier alpha value is -6.54. The van der Waals surface area contributed by atoms with Crippen LogP contribution in [0.15, 0.2) is 182 Å². The van der Waals surface area contributed by atoms with Crippen molar-refractivity contribution in [2.75, 3.05) is 0 Å². The molecule has 10 aromatic carbocycles. The van der Waals surface area contributed by atoms with Gasteiger partial charge in [-0.05, 0) is 117 Å². The largest absolute Gasteiger partial charge is 0.135 e. The van der Waals surface area contributed by atoms with Crippen molar-refractivity contribution in [3.63, 3.8) is 0 Å². The summed E-state index contributed by atoms with van der Waals surface area (Å²) in [6.07, 6.45) is 0. The topological polar surface area (TPSA) is 0 Å². The van der Waals surface area contributed by atoms with Crippen molar-refractivity contribution < 1.29 is 0 Å². The van der Waals surface area contributed by atoms with E-state index in [1.807, 2.05) is 11.3 Å². The van der Waals surface area contributed by atoms with Gasteiger partial charge in [0.25, 0.3) is 0 Å². The molecule has 0 saturated heterocycles. The van der Waals surface area contributed by atoms with E-state index in [0.29, 0.717) is 0 Å². The monoisotopic (exact) mass is 728 g/mol. The fourth-order valence-electron chi connectivity index (χ4n) is 9.95. The Morgan fingerprint density at radius 3 is 1.59 bits per heavy atom. The van der Waals surface area contributed by atoms with Gasteiger partial charge in [0.15, 0.2) is 0 Å². The van der Waals surface area contributed by atoms with E-state index >= 15 is 0 Å². The molecular weight excluding hydrogens is 693 g/mol. The lowest BCUT2D eigenvalue weighted by atomic mass is 9.82. The predicted octanol–water partition coefficient (Wildman–Crippen LogP) is 16.0. The molecule has 0 amide bonds. The van der Waals surface area contributed by atoms with Gasteiger partial charge in [-0.3, -0.25) is 0 Å². The van der Waals surface area contributed by atoms with Crippen LogP contribution < -0.4 is 0 Å². The zero-order valence-electron chi connectivity index (χ0n) is 31.2. The van der Waals surface area contributed by atoms with Gasteiger partial charge in [-0.15, -0.1) is 11.3 Å². The van der Waals surface area contributed by atoms with Crippen LogP contribution in [0, 0.1) is 0 Å². The lowest BCUT2D eigenvalue weighted by molar-refractivity contribution is 0.661. The third kappa shape index (κ3) is 4.47.